The average Bonchev–Trinajstić information content (AvgIpc) is 3.74. The number of benzene rings is 2. The highest BCUT2D eigenvalue weighted by Crippen LogP contribution is 2.56. The molecular weight excluding hydrogens is 589 g/mol. The zero-order valence-electron chi connectivity index (χ0n) is 33.4. The summed E-state index contributed by atoms with van der Waals surface area (Å²) in [6, 6.07) is 13.1. The van der Waals surface area contributed by atoms with Crippen LogP contribution in [0.2, 0.25) is 0 Å². The highest BCUT2D eigenvalue weighted by Gasteiger charge is 2.43. The van der Waals surface area contributed by atoms with Crippen molar-refractivity contribution in [1.29, 1.82) is 0 Å². The second kappa shape index (κ2) is 23.1. The van der Waals surface area contributed by atoms with Crippen molar-refractivity contribution in [2.45, 2.75) is 238 Å². The van der Waals surface area contributed by atoms with Gasteiger partial charge in [-0.3, -0.25) is 0 Å². The van der Waals surface area contributed by atoms with E-state index in [-0.39, 0.29) is 5.41 Å². The van der Waals surface area contributed by atoms with Gasteiger partial charge in [0, 0.05) is 5.41 Å². The van der Waals surface area contributed by atoms with Gasteiger partial charge in [-0.1, -0.05) is 218 Å². The molecule has 2 aliphatic carbocycles. The minimum absolute atomic E-state index is 0.215. The first-order valence-corrected chi connectivity index (χ1v) is 22.4. The van der Waals surface area contributed by atoms with Crippen molar-refractivity contribution in [3.8, 4) is 11.1 Å². The molecule has 2 aliphatic rings. The van der Waals surface area contributed by atoms with Crippen LogP contribution in [0.25, 0.3) is 11.1 Å². The van der Waals surface area contributed by atoms with Crippen LogP contribution in [-0.4, -0.2) is 0 Å². The van der Waals surface area contributed by atoms with E-state index in [0.717, 1.165) is 12.3 Å². The summed E-state index contributed by atoms with van der Waals surface area (Å²) in [7, 11) is 0. The maximum atomic E-state index is 2.72. The maximum absolute atomic E-state index is 2.72. The Morgan fingerprint density at radius 2 is 0.918 bits per heavy atom. The predicted molar refractivity (Wildman–Crippen MR) is 219 cm³/mol. The van der Waals surface area contributed by atoms with E-state index in [1.807, 2.05) is 0 Å². The molecule has 0 saturated heterocycles. The summed E-state index contributed by atoms with van der Waals surface area (Å²) in [5, 5.41) is 0. The third-order valence-corrected chi connectivity index (χ3v) is 12.9. The molecule has 0 aromatic heterocycles. The Bertz CT molecular complexity index is 1130. The van der Waals surface area contributed by atoms with E-state index in [2.05, 4.69) is 58.0 Å². The second-order valence-electron chi connectivity index (χ2n) is 16.8. The van der Waals surface area contributed by atoms with Crippen LogP contribution in [-0.2, 0) is 11.8 Å². The fraction of sp³-hybridized carbons (Fsp3) is 0.755. The lowest BCUT2D eigenvalue weighted by Gasteiger charge is -2.33. The van der Waals surface area contributed by atoms with Gasteiger partial charge in [-0.25, -0.2) is 0 Å². The predicted octanol–water partition coefficient (Wildman–Crippen LogP) is 16.7. The molecule has 0 spiro atoms. The van der Waals surface area contributed by atoms with Gasteiger partial charge in [-0.05, 0) is 83.9 Å². The van der Waals surface area contributed by atoms with Crippen LogP contribution < -0.4 is 0 Å². The van der Waals surface area contributed by atoms with Crippen LogP contribution in [0, 0.1) is 6.92 Å². The van der Waals surface area contributed by atoms with Gasteiger partial charge in [0.1, 0.15) is 0 Å². The summed E-state index contributed by atoms with van der Waals surface area (Å²) < 4.78 is 0. The molecule has 0 heteroatoms. The monoisotopic (exact) mass is 669 g/mol. The second-order valence-corrected chi connectivity index (χ2v) is 16.8. The molecule has 0 heterocycles. The fourth-order valence-corrected chi connectivity index (χ4v) is 9.82. The van der Waals surface area contributed by atoms with Crippen molar-refractivity contribution >= 4 is 0 Å². The summed E-state index contributed by atoms with van der Waals surface area (Å²) in [6.07, 6.45) is 43.8. The standard InChI is InChI=1S/C49H80/c1-5-8-10-12-14-16-18-20-22-24-26-30-36-49(37-31-27-25-23-21-19-17-15-13-11-9-6-2)47-35-34-42(7-3)39-45(47)46-40-44(41(4)38-48(46)49)43-32-28-29-33-43/h34-35,38-40,43H,5-33,36-37H2,1-4H3. The molecule has 0 N–H and O–H groups in total. The summed E-state index contributed by atoms with van der Waals surface area (Å²) in [6.45, 7) is 9.43. The molecule has 0 amide bonds. The van der Waals surface area contributed by atoms with Gasteiger partial charge in [0.2, 0.25) is 0 Å². The number of hydrogen-bond acceptors (Lipinski definition) is 0. The van der Waals surface area contributed by atoms with Crippen molar-refractivity contribution < 1.29 is 0 Å². The minimum atomic E-state index is 0.215. The Balaban J connectivity index is 1.39. The third-order valence-electron chi connectivity index (χ3n) is 12.9. The molecule has 49 heavy (non-hydrogen) atoms. The Hall–Kier alpha value is -1.56. The molecule has 0 atom stereocenters. The van der Waals surface area contributed by atoms with E-state index in [1.54, 1.807) is 33.4 Å². The van der Waals surface area contributed by atoms with Crippen molar-refractivity contribution in [1.82, 2.24) is 0 Å². The number of unbranched alkanes of at least 4 members (excludes halogenated alkanes) is 22. The zero-order valence-corrected chi connectivity index (χ0v) is 33.4. The number of rotatable bonds is 28. The molecule has 0 radical (unpaired) electrons. The van der Waals surface area contributed by atoms with Gasteiger partial charge in [0.15, 0.2) is 0 Å². The highest BCUT2D eigenvalue weighted by molar-refractivity contribution is 5.82. The fourth-order valence-electron chi connectivity index (χ4n) is 9.82. The lowest BCUT2D eigenvalue weighted by atomic mass is 9.70. The molecule has 1 saturated carbocycles. The van der Waals surface area contributed by atoms with Crippen LogP contribution in [0.5, 0.6) is 0 Å². The summed E-state index contributed by atoms with van der Waals surface area (Å²) in [5.41, 5.74) is 11.6. The lowest BCUT2D eigenvalue weighted by Crippen LogP contribution is -2.26. The molecule has 0 aliphatic heterocycles. The van der Waals surface area contributed by atoms with Crippen LogP contribution in [0.15, 0.2) is 30.3 Å². The van der Waals surface area contributed by atoms with Gasteiger partial charge in [-0.15, -0.1) is 0 Å². The Labute approximate surface area is 306 Å². The first kappa shape index (κ1) is 40.2. The number of fused-ring (bicyclic) bond motifs is 3. The molecule has 1 fully saturated rings. The highest BCUT2D eigenvalue weighted by atomic mass is 14.5. The molecule has 276 valence electrons. The van der Waals surface area contributed by atoms with Gasteiger partial charge in [0.05, 0.1) is 0 Å². The van der Waals surface area contributed by atoms with Crippen LogP contribution in [0.3, 0.4) is 0 Å². The summed E-state index contributed by atoms with van der Waals surface area (Å²) >= 11 is 0. The normalized spacial score (nSPS) is 15.3. The minimum Gasteiger partial charge on any atom is -0.0654 e. The van der Waals surface area contributed by atoms with Crippen LogP contribution in [0.4, 0.5) is 0 Å². The van der Waals surface area contributed by atoms with Crippen molar-refractivity contribution in [3.05, 3.63) is 58.1 Å². The van der Waals surface area contributed by atoms with E-state index in [0.29, 0.717) is 0 Å². The Kier molecular flexibility index (Phi) is 19.0. The van der Waals surface area contributed by atoms with E-state index in [4.69, 9.17) is 0 Å². The smallest absolute Gasteiger partial charge is 0.0215 e. The van der Waals surface area contributed by atoms with Crippen LogP contribution >= 0.6 is 0 Å². The van der Waals surface area contributed by atoms with Gasteiger partial charge in [-0.2, -0.15) is 0 Å². The summed E-state index contributed by atoms with van der Waals surface area (Å²) in [4.78, 5) is 0. The molecule has 0 nitrogen and oxygen atoms in total. The largest absolute Gasteiger partial charge is 0.0654 e. The van der Waals surface area contributed by atoms with Crippen molar-refractivity contribution in [2.75, 3.05) is 0 Å². The summed E-state index contributed by atoms with van der Waals surface area (Å²) in [5.74, 6) is 0.783. The van der Waals surface area contributed by atoms with Crippen molar-refractivity contribution in [2.24, 2.45) is 0 Å². The van der Waals surface area contributed by atoms with E-state index in [1.165, 1.54) is 198 Å². The van der Waals surface area contributed by atoms with Gasteiger partial charge >= 0.3 is 0 Å². The molecular formula is C49H80. The molecule has 0 bridgehead atoms. The Morgan fingerprint density at radius 3 is 1.37 bits per heavy atom. The van der Waals surface area contributed by atoms with E-state index >= 15 is 0 Å². The Morgan fingerprint density at radius 1 is 0.490 bits per heavy atom. The molecule has 2 aromatic rings. The topological polar surface area (TPSA) is 0 Å². The molecule has 2 aromatic carbocycles. The molecule has 0 unspecified atom stereocenters. The number of aryl methyl sites for hydroxylation is 2. The van der Waals surface area contributed by atoms with E-state index < -0.39 is 0 Å². The first-order chi connectivity index (χ1) is 24.1. The van der Waals surface area contributed by atoms with Gasteiger partial charge < -0.3 is 0 Å². The third kappa shape index (κ3) is 12.3. The van der Waals surface area contributed by atoms with Crippen LogP contribution in [0.1, 0.15) is 247 Å². The quantitative estimate of drug-likeness (QED) is 0.0792. The average molecular weight is 669 g/mol. The zero-order chi connectivity index (χ0) is 34.6. The number of hydrogen-bond donors (Lipinski definition) is 0. The van der Waals surface area contributed by atoms with Gasteiger partial charge in [0.25, 0.3) is 0 Å². The van der Waals surface area contributed by atoms with E-state index in [9.17, 15) is 0 Å². The SMILES string of the molecule is CCCCCCCCCCCCCCC1(CCCCCCCCCCCCCC)c2ccc(CC)cc2-c2cc(C3CCCC3)c(C)cc21. The molecule has 4 rings (SSSR count). The first-order valence-electron chi connectivity index (χ1n) is 22.4. The van der Waals surface area contributed by atoms with Crippen molar-refractivity contribution in [3.63, 3.8) is 0 Å². The maximum Gasteiger partial charge on any atom is 0.0215 e. The lowest BCUT2D eigenvalue weighted by molar-refractivity contribution is 0.396.